The summed E-state index contributed by atoms with van der Waals surface area (Å²) in [4.78, 5) is 56.6. The lowest BCUT2D eigenvalue weighted by Crippen LogP contribution is -2.51. The monoisotopic (exact) mass is 599 g/mol. The number of ketones is 2. The van der Waals surface area contributed by atoms with E-state index in [0.717, 1.165) is 28.1 Å². The van der Waals surface area contributed by atoms with Gasteiger partial charge in [0.1, 0.15) is 0 Å². The third kappa shape index (κ3) is 6.99. The van der Waals surface area contributed by atoms with Crippen LogP contribution >= 0.6 is 0 Å². The fraction of sp³-hybridized carbons (Fsp3) is 0.194. The molecule has 0 bridgehead atoms. The van der Waals surface area contributed by atoms with Gasteiger partial charge in [-0.2, -0.15) is 5.10 Å². The van der Waals surface area contributed by atoms with Gasteiger partial charge < -0.3 is 14.4 Å². The van der Waals surface area contributed by atoms with Gasteiger partial charge in [0.2, 0.25) is 5.78 Å². The summed E-state index contributed by atoms with van der Waals surface area (Å²) < 4.78 is 3.29. The van der Waals surface area contributed by atoms with Gasteiger partial charge in [-0.05, 0) is 59.5 Å². The first kappa shape index (κ1) is 29.5. The third-order valence-corrected chi connectivity index (χ3v) is 8.00. The smallest absolute Gasteiger partial charge is 0.290 e. The number of hydrogen-bond acceptors (Lipinski definition) is 6. The van der Waals surface area contributed by atoms with Crippen molar-refractivity contribution in [1.29, 1.82) is 0 Å². The number of benzene rings is 3. The number of carbonyl (C=O) groups is 3. The SMILES string of the molecule is O=C(CC(=O)c1cc(Cc2ccccc2)cn(Cc2ccccc2)c1=O)C(=O)N1CCN(c2ccc(-n3cccn3)cc2)CC1. The van der Waals surface area contributed by atoms with Crippen molar-refractivity contribution in [2.75, 3.05) is 31.1 Å². The van der Waals surface area contributed by atoms with Crippen molar-refractivity contribution >= 4 is 23.2 Å². The van der Waals surface area contributed by atoms with E-state index in [2.05, 4.69) is 10.00 Å². The molecular weight excluding hydrogens is 566 g/mol. The van der Waals surface area contributed by atoms with Gasteiger partial charge in [0.25, 0.3) is 11.5 Å². The third-order valence-electron chi connectivity index (χ3n) is 8.00. The highest BCUT2D eigenvalue weighted by Crippen LogP contribution is 2.19. The van der Waals surface area contributed by atoms with E-state index < -0.39 is 29.5 Å². The summed E-state index contributed by atoms with van der Waals surface area (Å²) in [5.74, 6) is -2.15. The van der Waals surface area contributed by atoms with E-state index in [-0.39, 0.29) is 12.1 Å². The minimum atomic E-state index is -0.806. The Kier molecular flexibility index (Phi) is 8.77. The molecule has 1 saturated heterocycles. The first-order valence-electron chi connectivity index (χ1n) is 15.0. The second-order valence-corrected chi connectivity index (χ2v) is 11.1. The summed E-state index contributed by atoms with van der Waals surface area (Å²) in [6.07, 6.45) is 5.23. The molecule has 0 N–H and O–H groups in total. The topological polar surface area (TPSA) is 97.5 Å². The van der Waals surface area contributed by atoms with Crippen LogP contribution in [0.1, 0.15) is 33.5 Å². The molecule has 3 heterocycles. The molecule has 45 heavy (non-hydrogen) atoms. The summed E-state index contributed by atoms with van der Waals surface area (Å²) >= 11 is 0. The van der Waals surface area contributed by atoms with Gasteiger partial charge in [-0.3, -0.25) is 19.2 Å². The number of amides is 1. The van der Waals surface area contributed by atoms with E-state index in [1.807, 2.05) is 97.2 Å². The number of hydrogen-bond donors (Lipinski definition) is 0. The average Bonchev–Trinajstić information content (AvgIpc) is 3.62. The molecule has 9 nitrogen and oxygen atoms in total. The van der Waals surface area contributed by atoms with E-state index >= 15 is 0 Å². The van der Waals surface area contributed by atoms with E-state index in [1.54, 1.807) is 23.1 Å². The largest absolute Gasteiger partial charge is 0.368 e. The number of rotatable bonds is 10. The molecule has 0 unspecified atom stereocenters. The highest BCUT2D eigenvalue weighted by Gasteiger charge is 2.29. The maximum absolute atomic E-state index is 13.5. The van der Waals surface area contributed by atoms with Gasteiger partial charge in [-0.25, -0.2) is 4.68 Å². The van der Waals surface area contributed by atoms with Crippen LogP contribution in [0.2, 0.25) is 0 Å². The molecule has 0 aliphatic carbocycles. The minimum Gasteiger partial charge on any atom is -0.368 e. The van der Waals surface area contributed by atoms with E-state index in [1.165, 1.54) is 9.47 Å². The molecule has 0 spiro atoms. The Morgan fingerprint density at radius 2 is 1.36 bits per heavy atom. The van der Waals surface area contributed by atoms with E-state index in [0.29, 0.717) is 32.6 Å². The van der Waals surface area contributed by atoms with Gasteiger partial charge in [0.05, 0.1) is 24.2 Å². The molecule has 0 saturated carbocycles. The molecule has 6 rings (SSSR count). The first-order chi connectivity index (χ1) is 21.9. The quantitative estimate of drug-likeness (QED) is 0.136. The van der Waals surface area contributed by atoms with Crippen LogP contribution in [0.25, 0.3) is 5.69 Å². The second kappa shape index (κ2) is 13.4. The lowest BCUT2D eigenvalue weighted by molar-refractivity contribution is -0.144. The van der Waals surface area contributed by atoms with Crippen molar-refractivity contribution in [2.45, 2.75) is 19.4 Å². The van der Waals surface area contributed by atoms with Gasteiger partial charge in [0, 0.05) is 50.5 Å². The zero-order valence-corrected chi connectivity index (χ0v) is 24.8. The second-order valence-electron chi connectivity index (χ2n) is 11.1. The zero-order valence-electron chi connectivity index (χ0n) is 24.8. The molecule has 2 aromatic heterocycles. The van der Waals surface area contributed by atoms with Crippen LogP contribution in [-0.4, -0.2) is 62.9 Å². The minimum absolute atomic E-state index is 0.0797. The van der Waals surface area contributed by atoms with Crippen molar-refractivity contribution in [2.24, 2.45) is 0 Å². The summed E-state index contributed by atoms with van der Waals surface area (Å²) in [5.41, 5.74) is 4.12. The maximum Gasteiger partial charge on any atom is 0.290 e. The summed E-state index contributed by atoms with van der Waals surface area (Å²) in [6.45, 7) is 2.11. The lowest BCUT2D eigenvalue weighted by Gasteiger charge is -2.35. The van der Waals surface area contributed by atoms with Crippen molar-refractivity contribution in [3.8, 4) is 5.69 Å². The van der Waals surface area contributed by atoms with Crippen molar-refractivity contribution in [1.82, 2.24) is 19.2 Å². The number of piperazine rings is 1. The summed E-state index contributed by atoms with van der Waals surface area (Å²) in [6, 6.07) is 30.7. The Morgan fingerprint density at radius 3 is 2.00 bits per heavy atom. The number of carbonyl (C=O) groups excluding carboxylic acids is 3. The van der Waals surface area contributed by atoms with Gasteiger partial charge in [-0.15, -0.1) is 0 Å². The van der Waals surface area contributed by atoms with Gasteiger partial charge in [0.15, 0.2) is 5.78 Å². The van der Waals surface area contributed by atoms with Crippen LogP contribution in [0.5, 0.6) is 0 Å². The number of nitrogens with zero attached hydrogens (tertiary/aromatic N) is 5. The molecule has 5 aromatic rings. The Labute approximate surface area is 261 Å². The van der Waals surface area contributed by atoms with Crippen LogP contribution < -0.4 is 10.5 Å². The predicted octanol–water partition coefficient (Wildman–Crippen LogP) is 4.16. The molecule has 1 amide bonds. The number of pyridine rings is 1. The summed E-state index contributed by atoms with van der Waals surface area (Å²) in [7, 11) is 0. The standard InChI is InChI=1S/C36H33N5O4/c42-33(32-23-29(22-27-8-3-1-4-9-27)26-40(35(32)44)25-28-10-5-2-6-11-28)24-34(43)36(45)39-20-18-38(19-21-39)30-12-14-31(15-13-30)41-17-7-16-37-41/h1-17,23,26H,18-22,24-25H2. The lowest BCUT2D eigenvalue weighted by atomic mass is 10.0. The molecule has 3 aromatic carbocycles. The highest BCUT2D eigenvalue weighted by atomic mass is 16.2. The van der Waals surface area contributed by atoms with Crippen LogP contribution in [0, 0.1) is 0 Å². The van der Waals surface area contributed by atoms with E-state index in [9.17, 15) is 19.2 Å². The number of aromatic nitrogens is 3. The van der Waals surface area contributed by atoms with Crippen LogP contribution in [0.15, 0.2) is 120 Å². The van der Waals surface area contributed by atoms with Gasteiger partial charge >= 0.3 is 0 Å². The molecule has 1 aliphatic rings. The fourth-order valence-corrected chi connectivity index (χ4v) is 5.62. The van der Waals surface area contributed by atoms with Crippen LogP contribution in [0.4, 0.5) is 5.69 Å². The van der Waals surface area contributed by atoms with Gasteiger partial charge in [-0.1, -0.05) is 60.7 Å². The molecule has 1 fully saturated rings. The maximum atomic E-state index is 13.5. The molecule has 0 atom stereocenters. The molecular formula is C36H33N5O4. The fourth-order valence-electron chi connectivity index (χ4n) is 5.62. The summed E-state index contributed by atoms with van der Waals surface area (Å²) in [5, 5.41) is 4.25. The average molecular weight is 600 g/mol. The van der Waals surface area contributed by atoms with E-state index in [4.69, 9.17) is 0 Å². The van der Waals surface area contributed by atoms with Crippen LogP contribution in [0.3, 0.4) is 0 Å². The highest BCUT2D eigenvalue weighted by molar-refractivity contribution is 6.40. The van der Waals surface area contributed by atoms with Crippen molar-refractivity contribution < 1.29 is 14.4 Å². The van der Waals surface area contributed by atoms with Crippen LogP contribution in [-0.2, 0) is 22.6 Å². The van der Waals surface area contributed by atoms with Crippen molar-refractivity contribution in [3.63, 3.8) is 0 Å². The molecule has 1 aliphatic heterocycles. The number of anilines is 1. The predicted molar refractivity (Wildman–Crippen MR) is 172 cm³/mol. The first-order valence-corrected chi connectivity index (χ1v) is 15.0. The normalized spacial score (nSPS) is 13.1. The Hall–Kier alpha value is -5.57. The Bertz CT molecular complexity index is 1840. The molecule has 0 radical (unpaired) electrons. The van der Waals surface area contributed by atoms with Crippen molar-refractivity contribution in [3.05, 3.63) is 148 Å². The zero-order chi connectivity index (χ0) is 31.2. The molecule has 9 heteroatoms. The Morgan fingerprint density at radius 1 is 0.711 bits per heavy atom. The number of Topliss-reactive ketones (excluding diaryl/α,β-unsaturated/α-hetero) is 2. The Balaban J connectivity index is 1.12. The molecule has 226 valence electrons.